The Hall–Kier alpha value is -10.4. The molecule has 0 aliphatic carbocycles. The second-order valence-corrected chi connectivity index (χ2v) is 28.5. The summed E-state index contributed by atoms with van der Waals surface area (Å²) in [5, 5.41) is 166. The van der Waals surface area contributed by atoms with Crippen LogP contribution in [0.25, 0.3) is 65.7 Å². The van der Waals surface area contributed by atoms with Crippen LogP contribution in [0.3, 0.4) is 0 Å². The number of hydrogen-bond donors (Lipinski definition) is 16. The summed E-state index contributed by atoms with van der Waals surface area (Å²) in [6.07, 6.45) is -21.0. The zero-order chi connectivity index (χ0) is 80.9. The number of carbonyl (C=O) groups is 3. The first-order valence-corrected chi connectivity index (χ1v) is 36.5. The van der Waals surface area contributed by atoms with Gasteiger partial charge in [0.25, 0.3) is 0 Å². The molecule has 9 aromatic carbocycles. The van der Waals surface area contributed by atoms with Gasteiger partial charge in [0.2, 0.25) is 39.2 Å². The fraction of sp³-hybridized carbons (Fsp3) is 0.370. The Morgan fingerprint density at radius 1 is 0.304 bits per heavy atom. The van der Waals surface area contributed by atoms with Crippen molar-refractivity contribution in [3.05, 3.63) is 158 Å². The van der Waals surface area contributed by atoms with Crippen molar-refractivity contribution >= 4 is 50.2 Å². The molecule has 3 saturated heterocycles. The number of ether oxygens (including phenoxy) is 15. The fourth-order valence-electron chi connectivity index (χ4n) is 15.7. The van der Waals surface area contributed by atoms with Crippen molar-refractivity contribution in [1.82, 2.24) is 0 Å². The van der Waals surface area contributed by atoms with E-state index >= 15 is 0 Å². The van der Waals surface area contributed by atoms with E-state index in [1.807, 2.05) is 0 Å². The van der Waals surface area contributed by atoms with Gasteiger partial charge in [-0.05, 0) is 153 Å². The lowest BCUT2D eigenvalue weighted by Crippen LogP contribution is -2.60. The minimum Gasteiger partial charge on any atom is -0.461 e. The largest absolute Gasteiger partial charge is 0.461 e. The molecule has 0 amide bonds. The van der Waals surface area contributed by atoms with Gasteiger partial charge in [-0.15, -0.1) is 0 Å². The Labute approximate surface area is 650 Å². The fourth-order valence-corrected chi connectivity index (χ4v) is 15.7. The normalized spacial score (nSPS) is 25.8. The number of benzene rings is 9. The first-order chi connectivity index (χ1) is 55.5. The first kappa shape index (κ1) is 78.5. The molecule has 9 heterocycles. The maximum Gasteiger partial charge on any atom is 0.339 e. The lowest BCUT2D eigenvalue weighted by Gasteiger charge is -2.40. The standard InChI is InChI=1S/C27H26O12.2C27H26O11/c28-6-12-3-14-15(4-13(12)7-29)25(39-27-24(33)23(32)22(31)19(8-30)38-27)16-9-35-26(34)21(16)20(14)11-1-2-17-18(5-11)37-10-36-17;2*1-11-22(30)23(31)24(32)27(37-11)38-25-16-5-14(8-29)13(7-28)4-15(16)20(21-17(25)9-34-26(21)33)12-2-3-18-19(6-12)36-10-35-18/h1-5,19,22-24,27-33H,6-10H2;2*2-6,11,22-24,27-32H,7-10H2,1H3/t19-,22-,23+,24-,27?;2*11-,22+,23+,24-,27?/m110/s1. The number of fused-ring (bicyclic) bond motifs is 9. The van der Waals surface area contributed by atoms with E-state index in [9.17, 15) is 96.1 Å². The van der Waals surface area contributed by atoms with Gasteiger partial charge in [-0.2, -0.15) is 0 Å². The van der Waals surface area contributed by atoms with Gasteiger partial charge >= 0.3 is 17.9 Å². The summed E-state index contributed by atoms with van der Waals surface area (Å²) in [6.45, 7) is -0.0884. The molecule has 34 nitrogen and oxygen atoms in total. The van der Waals surface area contributed by atoms with Crippen LogP contribution >= 0.6 is 0 Å². The van der Waals surface area contributed by atoms with Crippen LogP contribution in [0.4, 0.5) is 0 Å². The summed E-state index contributed by atoms with van der Waals surface area (Å²) in [7, 11) is 0. The zero-order valence-electron chi connectivity index (χ0n) is 61.0. The Balaban J connectivity index is 0.000000130. The van der Waals surface area contributed by atoms with Crippen molar-refractivity contribution in [3.8, 4) is 85.1 Å². The number of hydrogen-bond acceptors (Lipinski definition) is 34. The third-order valence-electron chi connectivity index (χ3n) is 21.9. The molecule has 3 fully saturated rings. The van der Waals surface area contributed by atoms with Crippen LogP contribution < -0.4 is 42.6 Å². The minimum absolute atomic E-state index is 0.0556. The van der Waals surface area contributed by atoms with Crippen LogP contribution in [0, 0.1) is 0 Å². The van der Waals surface area contributed by atoms with E-state index in [1.54, 1.807) is 91.0 Å². The third kappa shape index (κ3) is 13.7. The number of carbonyl (C=O) groups excluding carboxylic acids is 3. The average molecular weight is 1600 g/mol. The van der Waals surface area contributed by atoms with Crippen LogP contribution in [0.15, 0.2) is 91.0 Å². The summed E-state index contributed by atoms with van der Waals surface area (Å²) in [5.41, 5.74) is 7.65. The van der Waals surface area contributed by atoms with Crippen molar-refractivity contribution in [3.63, 3.8) is 0 Å². The lowest BCUT2D eigenvalue weighted by atomic mass is 9.87. The molecular formula is C81H78O34. The van der Waals surface area contributed by atoms with Gasteiger partial charge in [-0.3, -0.25) is 0 Å². The Bertz CT molecular complexity index is 5140. The van der Waals surface area contributed by atoms with Gasteiger partial charge in [-0.1, -0.05) is 18.2 Å². The second-order valence-electron chi connectivity index (χ2n) is 28.5. The highest BCUT2D eigenvalue weighted by atomic mass is 16.7. The van der Waals surface area contributed by atoms with Crippen molar-refractivity contribution < 1.29 is 167 Å². The molecule has 3 unspecified atom stereocenters. The number of aliphatic hydroxyl groups excluding tert-OH is 16. The van der Waals surface area contributed by atoms with Crippen LogP contribution in [-0.2, 0) is 87.9 Å². The minimum atomic E-state index is -1.70. The van der Waals surface area contributed by atoms with E-state index < -0.39 is 130 Å². The van der Waals surface area contributed by atoms with Crippen molar-refractivity contribution in [2.75, 3.05) is 27.0 Å². The highest BCUT2D eigenvalue weighted by Gasteiger charge is 2.49. The predicted molar refractivity (Wildman–Crippen MR) is 390 cm³/mol. The summed E-state index contributed by atoms with van der Waals surface area (Å²) >= 11 is 0. The molecule has 9 aliphatic heterocycles. The number of aliphatic hydroxyl groups is 16. The summed E-state index contributed by atoms with van der Waals surface area (Å²) in [5.74, 6) is 1.75. The Morgan fingerprint density at radius 2 is 0.574 bits per heavy atom. The Morgan fingerprint density at radius 3 is 0.861 bits per heavy atom. The van der Waals surface area contributed by atoms with Gasteiger partial charge in [-0.25, -0.2) is 14.4 Å². The zero-order valence-corrected chi connectivity index (χ0v) is 61.0. The van der Waals surface area contributed by atoms with Gasteiger partial charge < -0.3 is 153 Å². The van der Waals surface area contributed by atoms with E-state index in [0.29, 0.717) is 150 Å². The molecule has 15 atom stereocenters. The van der Waals surface area contributed by atoms with Crippen molar-refractivity contribution in [2.24, 2.45) is 0 Å². The second kappa shape index (κ2) is 31.7. The van der Waals surface area contributed by atoms with Crippen LogP contribution in [-0.4, -0.2) is 219 Å². The highest BCUT2D eigenvalue weighted by molar-refractivity contribution is 6.16. The van der Waals surface area contributed by atoms with Crippen LogP contribution in [0.2, 0.25) is 0 Å². The smallest absolute Gasteiger partial charge is 0.339 e. The summed E-state index contributed by atoms with van der Waals surface area (Å²) in [6, 6.07) is 25.5. The molecule has 0 bridgehead atoms. The molecule has 9 aliphatic rings. The monoisotopic (exact) mass is 1590 g/mol. The maximum atomic E-state index is 13.1. The van der Waals surface area contributed by atoms with Crippen molar-refractivity contribution in [2.45, 2.75) is 165 Å². The molecule has 0 radical (unpaired) electrons. The predicted octanol–water partition coefficient (Wildman–Crippen LogP) is 2.26. The SMILES string of the molecule is C[C@@H]1OC(Oc2c3c(c(-c4ccc5c(c4)OCO5)c4cc(CO)c(CO)cc24)C(=O)OC3)[C@@H](O)[C@H](O)[C@@H]1O.C[C@H]1OC(Oc2c3c(c(-c4ccc5c(c4)OCO5)c4cc(CO)c(CO)cc24)C(=O)OC3)[C@H](O)[C@@H](O)[C@H]1O.O=C1OCc2c1c(-c1ccc3c(c1)OCO3)c1cc(CO)c(CO)cc1c2OC1O[C@H](CO)[C@@H](O)[C@H](O)[C@H]1O. The molecule has 0 saturated carbocycles. The quantitative estimate of drug-likeness (QED) is 0.0487. The Kier molecular flexibility index (Phi) is 21.6. The molecule has 34 heteroatoms. The molecular weight excluding hydrogens is 1520 g/mol. The highest BCUT2D eigenvalue weighted by Crippen LogP contribution is 2.53. The number of rotatable bonds is 16. The van der Waals surface area contributed by atoms with E-state index in [4.69, 9.17) is 71.1 Å². The van der Waals surface area contributed by atoms with E-state index in [1.165, 1.54) is 13.8 Å². The molecule has 0 aromatic heterocycles. The van der Waals surface area contributed by atoms with E-state index in [-0.39, 0.29) is 101 Å². The molecule has 606 valence electrons. The number of esters is 3. The molecule has 9 aromatic rings. The van der Waals surface area contributed by atoms with Crippen LogP contribution in [0.1, 0.15) is 95.0 Å². The van der Waals surface area contributed by atoms with Gasteiger partial charge in [0.05, 0.1) is 75.1 Å². The molecule has 115 heavy (non-hydrogen) atoms. The lowest BCUT2D eigenvalue weighted by molar-refractivity contribution is -0.277. The van der Waals surface area contributed by atoms with Gasteiger partial charge in [0, 0.05) is 49.5 Å². The molecule has 0 spiro atoms. The number of cyclic esters (lactones) is 3. The maximum absolute atomic E-state index is 13.1. The van der Waals surface area contributed by atoms with Gasteiger partial charge in [0.1, 0.15) is 98.1 Å². The summed E-state index contributed by atoms with van der Waals surface area (Å²) in [4.78, 5) is 39.3. The van der Waals surface area contributed by atoms with E-state index in [2.05, 4.69) is 0 Å². The van der Waals surface area contributed by atoms with Crippen molar-refractivity contribution in [1.29, 1.82) is 0 Å². The summed E-state index contributed by atoms with van der Waals surface area (Å²) < 4.78 is 84.3. The molecule has 18 rings (SSSR count). The molecule has 16 N–H and O–H groups in total. The van der Waals surface area contributed by atoms with Crippen LogP contribution in [0.5, 0.6) is 51.7 Å². The topological polar surface area (TPSA) is 513 Å². The van der Waals surface area contributed by atoms with E-state index in [0.717, 1.165) is 0 Å². The van der Waals surface area contributed by atoms with Gasteiger partial charge in [0.15, 0.2) is 34.5 Å². The first-order valence-electron chi connectivity index (χ1n) is 36.5. The average Bonchev–Trinajstić information content (AvgIpc) is 1.69. The third-order valence-corrected chi connectivity index (χ3v) is 21.9.